The minimum Gasteiger partial charge on any atom is -0.324 e. The summed E-state index contributed by atoms with van der Waals surface area (Å²) in [4.78, 5) is 22.1. The largest absolute Gasteiger partial charge is 0.324 e. The van der Waals surface area contributed by atoms with Crippen LogP contribution < -0.4 is 5.32 Å². The zero-order chi connectivity index (χ0) is 14.7. The molecule has 0 bridgehead atoms. The molecule has 1 aromatic carbocycles. The Morgan fingerprint density at radius 1 is 1.45 bits per heavy atom. The second-order valence-electron chi connectivity index (χ2n) is 4.11. The Hall–Kier alpha value is -2.22. The van der Waals surface area contributed by atoms with E-state index >= 15 is 0 Å². The topological polar surface area (TPSA) is 90.1 Å². The zero-order valence-corrected chi connectivity index (χ0v) is 12.1. The van der Waals surface area contributed by atoms with Crippen molar-refractivity contribution in [2.45, 2.75) is 13.0 Å². The number of rotatable bonds is 4. The molecule has 1 aromatic heterocycles. The molecular formula is C12H11BrN4O3. The molecule has 7 nitrogen and oxygen atoms in total. The van der Waals surface area contributed by atoms with Crippen LogP contribution in [0, 0.1) is 10.1 Å². The monoisotopic (exact) mass is 338 g/mol. The second-order valence-corrected chi connectivity index (χ2v) is 5.02. The zero-order valence-electron chi connectivity index (χ0n) is 10.5. The third kappa shape index (κ3) is 3.21. The fourth-order valence-corrected chi connectivity index (χ4v) is 1.86. The molecule has 0 saturated heterocycles. The van der Waals surface area contributed by atoms with Gasteiger partial charge in [-0.2, -0.15) is 5.10 Å². The summed E-state index contributed by atoms with van der Waals surface area (Å²) < 4.78 is 2.30. The third-order valence-corrected chi connectivity index (χ3v) is 3.10. The summed E-state index contributed by atoms with van der Waals surface area (Å²) in [5.74, 6) is -0.255. The Balaban J connectivity index is 2.05. The van der Waals surface area contributed by atoms with E-state index in [1.54, 1.807) is 19.3 Å². The molecule has 0 aliphatic carbocycles. The number of halogens is 1. The summed E-state index contributed by atoms with van der Waals surface area (Å²) in [6, 6.07) is 5.16. The summed E-state index contributed by atoms with van der Waals surface area (Å²) in [5, 5.41) is 17.2. The summed E-state index contributed by atoms with van der Waals surface area (Å²) in [7, 11) is 0. The van der Waals surface area contributed by atoms with E-state index in [1.165, 1.54) is 28.9 Å². The molecule has 8 heteroatoms. The smallest absolute Gasteiger partial charge is 0.269 e. The lowest BCUT2D eigenvalue weighted by molar-refractivity contribution is -0.384. The van der Waals surface area contributed by atoms with E-state index in [-0.39, 0.29) is 11.6 Å². The van der Waals surface area contributed by atoms with Crippen LogP contribution in [0.2, 0.25) is 0 Å². The van der Waals surface area contributed by atoms with Crippen molar-refractivity contribution in [2.24, 2.45) is 0 Å². The highest BCUT2D eigenvalue weighted by atomic mass is 79.9. The van der Waals surface area contributed by atoms with E-state index < -0.39 is 11.0 Å². The van der Waals surface area contributed by atoms with Crippen molar-refractivity contribution < 1.29 is 9.72 Å². The van der Waals surface area contributed by atoms with Gasteiger partial charge in [-0.25, -0.2) is 0 Å². The number of nitro groups is 1. The highest BCUT2D eigenvalue weighted by molar-refractivity contribution is 9.10. The van der Waals surface area contributed by atoms with E-state index in [4.69, 9.17) is 0 Å². The van der Waals surface area contributed by atoms with Gasteiger partial charge < -0.3 is 5.32 Å². The standard InChI is InChI=1S/C12H11BrN4O3/c1-8(16-7-9(13)6-14-16)12(18)15-10-2-4-11(5-3-10)17(19)20/h2-8H,1H3,(H,15,18). The second kappa shape index (κ2) is 5.83. The molecule has 20 heavy (non-hydrogen) atoms. The predicted molar refractivity (Wildman–Crippen MR) is 76.4 cm³/mol. The van der Waals surface area contributed by atoms with Crippen LogP contribution in [0.15, 0.2) is 41.1 Å². The molecule has 0 fully saturated rings. The first-order chi connectivity index (χ1) is 9.47. The van der Waals surface area contributed by atoms with Crippen LogP contribution in [0.1, 0.15) is 13.0 Å². The summed E-state index contributed by atoms with van der Waals surface area (Å²) >= 11 is 3.26. The summed E-state index contributed by atoms with van der Waals surface area (Å²) in [5.41, 5.74) is 0.478. The van der Waals surface area contributed by atoms with E-state index in [1.807, 2.05) is 0 Å². The lowest BCUT2D eigenvalue weighted by Crippen LogP contribution is -2.23. The molecule has 1 unspecified atom stereocenters. The normalized spacial score (nSPS) is 11.9. The minimum absolute atomic E-state index is 0.0212. The van der Waals surface area contributed by atoms with Crippen molar-refractivity contribution in [1.29, 1.82) is 0 Å². The number of anilines is 1. The lowest BCUT2D eigenvalue weighted by atomic mass is 10.2. The fourth-order valence-electron chi connectivity index (χ4n) is 1.56. The molecule has 0 saturated carbocycles. The first kappa shape index (κ1) is 14.2. The first-order valence-corrected chi connectivity index (χ1v) is 6.51. The molecule has 0 spiro atoms. The molecule has 1 heterocycles. The van der Waals surface area contributed by atoms with E-state index in [0.29, 0.717) is 5.69 Å². The maximum absolute atomic E-state index is 12.0. The van der Waals surface area contributed by atoms with Crippen molar-refractivity contribution in [3.05, 3.63) is 51.2 Å². The van der Waals surface area contributed by atoms with Crippen LogP contribution in [0.4, 0.5) is 11.4 Å². The average molecular weight is 339 g/mol. The number of aromatic nitrogens is 2. The average Bonchev–Trinajstić information content (AvgIpc) is 2.85. The molecule has 1 amide bonds. The molecule has 2 aromatic rings. The number of non-ortho nitro benzene ring substituents is 1. The molecule has 104 valence electrons. The van der Waals surface area contributed by atoms with Crippen LogP contribution in [0.25, 0.3) is 0 Å². The predicted octanol–water partition coefficient (Wildman–Crippen LogP) is 2.75. The Morgan fingerprint density at radius 2 is 2.10 bits per heavy atom. The Morgan fingerprint density at radius 3 is 2.60 bits per heavy atom. The van der Waals surface area contributed by atoms with Crippen LogP contribution in [-0.4, -0.2) is 20.6 Å². The van der Waals surface area contributed by atoms with Crippen molar-refractivity contribution in [3.63, 3.8) is 0 Å². The maximum atomic E-state index is 12.0. The van der Waals surface area contributed by atoms with Crippen molar-refractivity contribution in [2.75, 3.05) is 5.32 Å². The highest BCUT2D eigenvalue weighted by Gasteiger charge is 2.16. The molecule has 0 aliphatic heterocycles. The highest BCUT2D eigenvalue weighted by Crippen LogP contribution is 2.17. The van der Waals surface area contributed by atoms with Crippen LogP contribution in [0.3, 0.4) is 0 Å². The van der Waals surface area contributed by atoms with Gasteiger partial charge in [-0.15, -0.1) is 0 Å². The van der Waals surface area contributed by atoms with Gasteiger partial charge in [-0.3, -0.25) is 19.6 Å². The van der Waals surface area contributed by atoms with Gasteiger partial charge in [0, 0.05) is 24.0 Å². The van der Waals surface area contributed by atoms with Gasteiger partial charge in [-0.05, 0) is 35.0 Å². The molecule has 1 N–H and O–H groups in total. The summed E-state index contributed by atoms with van der Waals surface area (Å²) in [6.07, 6.45) is 3.29. The molecule has 0 radical (unpaired) electrons. The molecule has 0 aliphatic rings. The fraction of sp³-hybridized carbons (Fsp3) is 0.167. The van der Waals surface area contributed by atoms with Gasteiger partial charge in [0.15, 0.2) is 0 Å². The van der Waals surface area contributed by atoms with E-state index in [9.17, 15) is 14.9 Å². The van der Waals surface area contributed by atoms with E-state index in [2.05, 4.69) is 26.3 Å². The van der Waals surface area contributed by atoms with Gasteiger partial charge >= 0.3 is 0 Å². The Kier molecular flexibility index (Phi) is 4.14. The first-order valence-electron chi connectivity index (χ1n) is 5.72. The van der Waals surface area contributed by atoms with Gasteiger partial charge in [0.25, 0.3) is 5.69 Å². The SMILES string of the molecule is CC(C(=O)Nc1ccc([N+](=O)[O-])cc1)n1cc(Br)cn1. The van der Waals surface area contributed by atoms with Crippen molar-refractivity contribution >= 4 is 33.2 Å². The van der Waals surface area contributed by atoms with Crippen molar-refractivity contribution in [3.8, 4) is 0 Å². The molecule has 2 rings (SSSR count). The Bertz CT molecular complexity index is 638. The van der Waals surface area contributed by atoms with Crippen LogP contribution >= 0.6 is 15.9 Å². The molecule has 1 atom stereocenters. The lowest BCUT2D eigenvalue weighted by Gasteiger charge is -2.12. The van der Waals surface area contributed by atoms with E-state index in [0.717, 1.165) is 4.47 Å². The number of benzene rings is 1. The van der Waals surface area contributed by atoms with Crippen LogP contribution in [0.5, 0.6) is 0 Å². The number of nitro benzene ring substituents is 1. The number of nitrogens with one attached hydrogen (secondary N) is 1. The number of amides is 1. The van der Waals surface area contributed by atoms with Gasteiger partial charge in [0.05, 0.1) is 15.6 Å². The maximum Gasteiger partial charge on any atom is 0.269 e. The van der Waals surface area contributed by atoms with Crippen molar-refractivity contribution in [1.82, 2.24) is 9.78 Å². The van der Waals surface area contributed by atoms with Gasteiger partial charge in [0.2, 0.25) is 5.91 Å². The number of carbonyl (C=O) groups excluding carboxylic acids is 1. The van der Waals surface area contributed by atoms with Gasteiger partial charge in [0.1, 0.15) is 6.04 Å². The van der Waals surface area contributed by atoms with Gasteiger partial charge in [-0.1, -0.05) is 0 Å². The number of nitrogens with zero attached hydrogens (tertiary/aromatic N) is 3. The summed E-state index contributed by atoms with van der Waals surface area (Å²) in [6.45, 7) is 1.71. The molecular weight excluding hydrogens is 328 g/mol. The quantitative estimate of drug-likeness (QED) is 0.685. The number of carbonyl (C=O) groups is 1. The Labute approximate surface area is 122 Å². The number of hydrogen-bond acceptors (Lipinski definition) is 4. The third-order valence-electron chi connectivity index (χ3n) is 2.69. The van der Waals surface area contributed by atoms with Crippen LogP contribution in [-0.2, 0) is 4.79 Å². The number of hydrogen-bond donors (Lipinski definition) is 1. The minimum atomic E-state index is -0.491.